The molecular weight excluding hydrogens is 282 g/mol. The van der Waals surface area contributed by atoms with Crippen molar-refractivity contribution in [2.24, 2.45) is 0 Å². The maximum absolute atomic E-state index is 9.28. The first-order valence-corrected chi connectivity index (χ1v) is 6.87. The van der Waals surface area contributed by atoms with Crippen LogP contribution in [0.3, 0.4) is 0 Å². The van der Waals surface area contributed by atoms with Crippen LogP contribution < -0.4 is 0 Å². The second-order valence-electron chi connectivity index (χ2n) is 4.66. The molecule has 0 atom stereocenters. The largest absolute Gasteiger partial charge is 0.343 e. The Hall–Kier alpha value is -2.57. The van der Waals surface area contributed by atoms with E-state index in [1.54, 1.807) is 18.3 Å². The number of fused-ring (bicyclic) bond motifs is 1. The van der Waals surface area contributed by atoms with Gasteiger partial charge in [-0.05, 0) is 30.3 Å². The lowest BCUT2D eigenvalue weighted by Gasteiger charge is -2.01. The molecule has 102 valence electrons. The molecule has 0 fully saturated rings. The number of hydrogen-bond donors (Lipinski definition) is 0. The normalized spacial score (nSPS) is 10.5. The number of nitriles is 1. The van der Waals surface area contributed by atoms with E-state index in [1.165, 1.54) is 0 Å². The highest BCUT2D eigenvalue weighted by Crippen LogP contribution is 2.33. The fraction of sp³-hybridized carbons (Fsp3) is 0.0588. The minimum atomic E-state index is 0.551. The Bertz CT molecular complexity index is 871. The minimum absolute atomic E-state index is 0.551. The molecule has 0 aliphatic carbocycles. The molecule has 0 saturated heterocycles. The van der Waals surface area contributed by atoms with Gasteiger partial charge in [-0.25, -0.2) is 0 Å². The third-order valence-electron chi connectivity index (χ3n) is 3.35. The summed E-state index contributed by atoms with van der Waals surface area (Å²) in [6.45, 7) is 4.47. The molecule has 1 aromatic carbocycles. The van der Waals surface area contributed by atoms with E-state index in [2.05, 4.69) is 22.2 Å². The van der Waals surface area contributed by atoms with Gasteiger partial charge in [-0.1, -0.05) is 17.7 Å². The number of nitrogens with zero attached hydrogens (tertiary/aromatic N) is 3. The molecular formula is C17H12ClN3. The number of rotatable bonds is 3. The van der Waals surface area contributed by atoms with Crippen LogP contribution in [0.2, 0.25) is 5.02 Å². The van der Waals surface area contributed by atoms with Gasteiger partial charge in [0.1, 0.15) is 6.07 Å². The smallest absolute Gasteiger partial charge is 0.101 e. The first-order chi connectivity index (χ1) is 10.2. The molecule has 0 bridgehead atoms. The van der Waals surface area contributed by atoms with Gasteiger partial charge in [0.25, 0.3) is 0 Å². The van der Waals surface area contributed by atoms with Gasteiger partial charge in [-0.15, -0.1) is 6.58 Å². The number of halogens is 1. The Labute approximate surface area is 127 Å². The summed E-state index contributed by atoms with van der Waals surface area (Å²) < 4.78 is 2.07. The summed E-state index contributed by atoms with van der Waals surface area (Å²) in [7, 11) is 0. The Morgan fingerprint density at radius 3 is 3.00 bits per heavy atom. The summed E-state index contributed by atoms with van der Waals surface area (Å²) in [5, 5.41) is 10.9. The van der Waals surface area contributed by atoms with E-state index in [0.717, 1.165) is 16.5 Å². The molecule has 0 saturated carbocycles. The molecule has 3 rings (SSSR count). The average molecular weight is 294 g/mol. The van der Waals surface area contributed by atoms with E-state index in [-0.39, 0.29) is 0 Å². The standard InChI is InChI=1S/C17H12ClN3/c1-2-8-21-11-15(14-9-13(18)5-6-16(14)21)17-12(10-19)4-3-7-20-17/h2-7,9,11H,1,8H2. The molecule has 3 aromatic rings. The monoisotopic (exact) mass is 293 g/mol. The van der Waals surface area contributed by atoms with Crippen molar-refractivity contribution in [3.05, 3.63) is 66.0 Å². The molecule has 2 aromatic heterocycles. The van der Waals surface area contributed by atoms with Crippen molar-refractivity contribution in [2.45, 2.75) is 6.54 Å². The predicted octanol–water partition coefficient (Wildman–Crippen LogP) is 4.41. The van der Waals surface area contributed by atoms with Crippen molar-refractivity contribution in [1.82, 2.24) is 9.55 Å². The predicted molar refractivity (Wildman–Crippen MR) is 85.1 cm³/mol. The molecule has 0 aliphatic heterocycles. The van der Waals surface area contributed by atoms with Gasteiger partial charge < -0.3 is 4.57 Å². The highest BCUT2D eigenvalue weighted by molar-refractivity contribution is 6.31. The van der Waals surface area contributed by atoms with Crippen LogP contribution in [0.4, 0.5) is 0 Å². The molecule has 0 radical (unpaired) electrons. The zero-order chi connectivity index (χ0) is 14.8. The zero-order valence-corrected chi connectivity index (χ0v) is 12.0. The van der Waals surface area contributed by atoms with Crippen LogP contribution in [0.1, 0.15) is 5.56 Å². The van der Waals surface area contributed by atoms with E-state index in [9.17, 15) is 5.26 Å². The molecule has 0 aliphatic rings. The minimum Gasteiger partial charge on any atom is -0.343 e. The SMILES string of the molecule is C=CCn1cc(-c2ncccc2C#N)c2cc(Cl)ccc21. The van der Waals surface area contributed by atoms with Gasteiger partial charge >= 0.3 is 0 Å². The van der Waals surface area contributed by atoms with E-state index < -0.39 is 0 Å². The van der Waals surface area contributed by atoms with Crippen LogP contribution in [0.25, 0.3) is 22.2 Å². The average Bonchev–Trinajstić information content (AvgIpc) is 2.85. The maximum Gasteiger partial charge on any atom is 0.101 e. The van der Waals surface area contributed by atoms with Crippen molar-refractivity contribution >= 4 is 22.5 Å². The maximum atomic E-state index is 9.28. The molecule has 4 heteroatoms. The van der Waals surface area contributed by atoms with Gasteiger partial charge in [0.05, 0.1) is 11.3 Å². The van der Waals surface area contributed by atoms with Gasteiger partial charge in [0, 0.05) is 40.4 Å². The van der Waals surface area contributed by atoms with Crippen molar-refractivity contribution in [2.75, 3.05) is 0 Å². The number of pyridine rings is 1. The van der Waals surface area contributed by atoms with Gasteiger partial charge in [-0.2, -0.15) is 5.26 Å². The van der Waals surface area contributed by atoms with E-state index in [1.807, 2.05) is 30.5 Å². The van der Waals surface area contributed by atoms with Gasteiger partial charge in [-0.3, -0.25) is 4.98 Å². The summed E-state index contributed by atoms with van der Waals surface area (Å²) >= 11 is 6.12. The number of hydrogen-bond acceptors (Lipinski definition) is 2. The van der Waals surface area contributed by atoms with Crippen LogP contribution in [0.5, 0.6) is 0 Å². The molecule has 0 unspecified atom stereocenters. The van der Waals surface area contributed by atoms with Gasteiger partial charge in [0.15, 0.2) is 0 Å². The lowest BCUT2D eigenvalue weighted by atomic mass is 10.1. The second-order valence-corrected chi connectivity index (χ2v) is 5.09. The second kappa shape index (κ2) is 5.43. The molecule has 0 N–H and O–H groups in total. The fourth-order valence-corrected chi connectivity index (χ4v) is 2.63. The van der Waals surface area contributed by atoms with Crippen molar-refractivity contribution in [3.63, 3.8) is 0 Å². The summed E-state index contributed by atoms with van der Waals surface area (Å²) in [6.07, 6.45) is 5.52. The lowest BCUT2D eigenvalue weighted by Crippen LogP contribution is -1.91. The molecule has 3 nitrogen and oxygen atoms in total. The number of aromatic nitrogens is 2. The highest BCUT2D eigenvalue weighted by Gasteiger charge is 2.14. The highest BCUT2D eigenvalue weighted by atomic mass is 35.5. The lowest BCUT2D eigenvalue weighted by molar-refractivity contribution is 0.866. The Kier molecular flexibility index (Phi) is 3.47. The van der Waals surface area contributed by atoms with Crippen molar-refractivity contribution in [3.8, 4) is 17.3 Å². The zero-order valence-electron chi connectivity index (χ0n) is 11.3. The number of allylic oxidation sites excluding steroid dienone is 1. The fourth-order valence-electron chi connectivity index (χ4n) is 2.46. The van der Waals surface area contributed by atoms with Crippen LogP contribution in [-0.4, -0.2) is 9.55 Å². The van der Waals surface area contributed by atoms with Gasteiger partial charge in [0.2, 0.25) is 0 Å². The van der Waals surface area contributed by atoms with Crippen molar-refractivity contribution < 1.29 is 0 Å². The summed E-state index contributed by atoms with van der Waals surface area (Å²) in [6, 6.07) is 11.5. The Morgan fingerprint density at radius 1 is 1.38 bits per heavy atom. The molecule has 2 heterocycles. The number of benzene rings is 1. The topological polar surface area (TPSA) is 41.6 Å². The molecule has 0 amide bonds. The summed E-state index contributed by atoms with van der Waals surface area (Å²) in [5.41, 5.74) is 3.18. The van der Waals surface area contributed by atoms with E-state index >= 15 is 0 Å². The molecule has 21 heavy (non-hydrogen) atoms. The quantitative estimate of drug-likeness (QED) is 0.671. The first kappa shape index (κ1) is 13.4. The summed E-state index contributed by atoms with van der Waals surface area (Å²) in [5.74, 6) is 0. The van der Waals surface area contributed by atoms with Crippen LogP contribution in [-0.2, 0) is 6.54 Å². The third-order valence-corrected chi connectivity index (χ3v) is 3.59. The Morgan fingerprint density at radius 2 is 2.24 bits per heavy atom. The van der Waals surface area contributed by atoms with Crippen LogP contribution >= 0.6 is 11.6 Å². The molecule has 0 spiro atoms. The van der Waals surface area contributed by atoms with Crippen LogP contribution in [0.15, 0.2) is 55.4 Å². The van der Waals surface area contributed by atoms with E-state index in [0.29, 0.717) is 22.8 Å². The third kappa shape index (κ3) is 2.31. The van der Waals surface area contributed by atoms with Crippen molar-refractivity contribution in [1.29, 1.82) is 5.26 Å². The van der Waals surface area contributed by atoms with Crippen LogP contribution in [0, 0.1) is 11.3 Å². The Balaban J connectivity index is 2.34. The summed E-state index contributed by atoms with van der Waals surface area (Å²) in [4.78, 5) is 4.37. The van der Waals surface area contributed by atoms with E-state index in [4.69, 9.17) is 11.6 Å². The first-order valence-electron chi connectivity index (χ1n) is 6.49.